The molecule has 5 rings (SSSR count). The summed E-state index contributed by atoms with van der Waals surface area (Å²) in [6.45, 7) is 4.44. The highest BCUT2D eigenvalue weighted by Gasteiger charge is 2.33. The molecule has 0 atom stereocenters. The van der Waals surface area contributed by atoms with Crippen molar-refractivity contribution in [1.82, 2.24) is 4.98 Å². The second kappa shape index (κ2) is 9.57. The fourth-order valence-electron chi connectivity index (χ4n) is 4.17. The third-order valence-corrected chi connectivity index (χ3v) is 8.23. The summed E-state index contributed by atoms with van der Waals surface area (Å²) in [6.07, 6.45) is 0. The summed E-state index contributed by atoms with van der Waals surface area (Å²) in [5, 5.41) is 1.05. The number of aromatic nitrogens is 1. The summed E-state index contributed by atoms with van der Waals surface area (Å²) in [5.74, 6) is 0.534. The van der Waals surface area contributed by atoms with E-state index in [1.54, 1.807) is 12.1 Å². The van der Waals surface area contributed by atoms with Gasteiger partial charge in [-0.25, -0.2) is 8.42 Å². The van der Waals surface area contributed by atoms with Gasteiger partial charge in [-0.1, -0.05) is 47.5 Å². The normalized spacial score (nSPS) is 14.4. The lowest BCUT2D eigenvalue weighted by atomic mass is 10.1. The summed E-state index contributed by atoms with van der Waals surface area (Å²) in [6, 6.07) is 21.4. The molecule has 35 heavy (non-hydrogen) atoms. The van der Waals surface area contributed by atoms with Crippen molar-refractivity contribution in [3.8, 4) is 11.5 Å². The van der Waals surface area contributed by atoms with Gasteiger partial charge in [0, 0.05) is 47.5 Å². The average molecular weight is 528 g/mol. The lowest BCUT2D eigenvalue weighted by Gasteiger charge is -2.36. The maximum Gasteiger partial charge on any atom is 0.236 e. The molecule has 4 aromatic rings. The molecule has 0 N–H and O–H groups in total. The number of hydrogen-bond donors (Lipinski definition) is 0. The first kappa shape index (κ1) is 23.7. The van der Waals surface area contributed by atoms with Gasteiger partial charge in [0.1, 0.15) is 0 Å². The molecule has 0 aliphatic carbocycles. The van der Waals surface area contributed by atoms with Crippen molar-refractivity contribution < 1.29 is 12.8 Å². The maximum atomic E-state index is 13.6. The predicted molar refractivity (Wildman–Crippen MR) is 139 cm³/mol. The van der Waals surface area contributed by atoms with Crippen LogP contribution in [-0.2, 0) is 9.84 Å². The Morgan fingerprint density at radius 3 is 2.20 bits per heavy atom. The minimum Gasteiger partial charge on any atom is -0.419 e. The maximum absolute atomic E-state index is 13.6. The molecule has 2 heterocycles. The molecule has 6 nitrogen and oxygen atoms in total. The Balaban J connectivity index is 1.52. The van der Waals surface area contributed by atoms with E-state index in [-0.39, 0.29) is 21.7 Å². The lowest BCUT2D eigenvalue weighted by Crippen LogP contribution is -2.46. The van der Waals surface area contributed by atoms with E-state index in [0.29, 0.717) is 36.2 Å². The van der Waals surface area contributed by atoms with Gasteiger partial charge >= 0.3 is 0 Å². The smallest absolute Gasteiger partial charge is 0.236 e. The molecule has 9 heteroatoms. The molecule has 0 unspecified atom stereocenters. The monoisotopic (exact) mass is 527 g/mol. The minimum absolute atomic E-state index is 0.0886. The molecule has 0 amide bonds. The molecule has 1 saturated heterocycles. The molecule has 1 fully saturated rings. The van der Waals surface area contributed by atoms with Crippen molar-refractivity contribution in [3.63, 3.8) is 0 Å². The van der Waals surface area contributed by atoms with Crippen molar-refractivity contribution in [2.24, 2.45) is 0 Å². The van der Waals surface area contributed by atoms with Crippen LogP contribution in [-0.4, -0.2) is 39.6 Å². The molecule has 0 saturated carbocycles. The van der Waals surface area contributed by atoms with Crippen LogP contribution in [0.4, 0.5) is 11.6 Å². The van der Waals surface area contributed by atoms with E-state index in [1.165, 1.54) is 12.1 Å². The molecular weight excluding hydrogens is 505 g/mol. The van der Waals surface area contributed by atoms with Crippen LogP contribution in [0.1, 0.15) is 5.56 Å². The third-order valence-electron chi connectivity index (χ3n) is 6.07. The highest BCUT2D eigenvalue weighted by molar-refractivity contribution is 7.91. The highest BCUT2D eigenvalue weighted by atomic mass is 35.5. The van der Waals surface area contributed by atoms with Gasteiger partial charge in [0.15, 0.2) is 0 Å². The fourth-order valence-corrected chi connectivity index (χ4v) is 5.80. The highest BCUT2D eigenvalue weighted by Crippen LogP contribution is 2.36. The zero-order valence-electron chi connectivity index (χ0n) is 19.0. The van der Waals surface area contributed by atoms with Gasteiger partial charge in [-0.05, 0) is 61.0 Å². The van der Waals surface area contributed by atoms with Crippen LogP contribution in [0.2, 0.25) is 10.0 Å². The van der Waals surface area contributed by atoms with E-state index >= 15 is 0 Å². The van der Waals surface area contributed by atoms with Crippen LogP contribution < -0.4 is 9.80 Å². The fraction of sp³-hybridized carbons (Fsp3) is 0.192. The Kier molecular flexibility index (Phi) is 6.49. The number of nitrogens with zero attached hydrogens (tertiary/aromatic N) is 3. The molecule has 1 aliphatic heterocycles. The van der Waals surface area contributed by atoms with Gasteiger partial charge in [-0.3, -0.25) is 0 Å². The number of hydrogen-bond acceptors (Lipinski definition) is 6. The number of oxazole rings is 1. The number of piperazine rings is 1. The SMILES string of the molecule is Cc1ccccc1-c1nc(S(=O)(=O)c2ccc(Cl)cc2)c(N2CCN(c3cccc(Cl)c3)CC2)o1. The number of benzene rings is 3. The van der Waals surface area contributed by atoms with Crippen LogP contribution >= 0.6 is 23.2 Å². The van der Waals surface area contributed by atoms with Gasteiger partial charge in [0.25, 0.3) is 0 Å². The first-order valence-electron chi connectivity index (χ1n) is 11.2. The Bertz CT molecular complexity index is 1460. The van der Waals surface area contributed by atoms with E-state index < -0.39 is 9.84 Å². The Hall–Kier alpha value is -3.00. The Morgan fingerprint density at radius 1 is 0.829 bits per heavy atom. The molecule has 0 spiro atoms. The van der Waals surface area contributed by atoms with Gasteiger partial charge in [-0.2, -0.15) is 4.98 Å². The van der Waals surface area contributed by atoms with Gasteiger partial charge in [0.2, 0.25) is 26.6 Å². The molecular formula is C26H23Cl2N3O3S. The lowest BCUT2D eigenvalue weighted by molar-refractivity contribution is 0.525. The molecule has 3 aromatic carbocycles. The van der Waals surface area contributed by atoms with Crippen molar-refractivity contribution in [1.29, 1.82) is 0 Å². The zero-order valence-corrected chi connectivity index (χ0v) is 21.3. The van der Waals surface area contributed by atoms with Crippen LogP contribution in [0.25, 0.3) is 11.5 Å². The second-order valence-corrected chi connectivity index (χ2v) is 11.1. The van der Waals surface area contributed by atoms with E-state index in [2.05, 4.69) is 9.88 Å². The second-order valence-electron chi connectivity index (χ2n) is 8.36. The predicted octanol–water partition coefficient (Wildman–Crippen LogP) is 6.12. The molecule has 0 bridgehead atoms. The van der Waals surface area contributed by atoms with E-state index in [1.807, 2.05) is 60.4 Å². The molecule has 180 valence electrons. The summed E-state index contributed by atoms with van der Waals surface area (Å²) in [4.78, 5) is 8.79. The van der Waals surface area contributed by atoms with Crippen LogP contribution in [0.3, 0.4) is 0 Å². The average Bonchev–Trinajstić information content (AvgIpc) is 3.31. The first-order chi connectivity index (χ1) is 16.8. The number of sulfone groups is 1. The van der Waals surface area contributed by atoms with E-state index in [0.717, 1.165) is 16.8 Å². The quantitative estimate of drug-likeness (QED) is 0.311. The largest absolute Gasteiger partial charge is 0.419 e. The van der Waals surface area contributed by atoms with Crippen molar-refractivity contribution in [2.45, 2.75) is 16.8 Å². The Morgan fingerprint density at radius 2 is 1.51 bits per heavy atom. The topological polar surface area (TPSA) is 66.7 Å². The number of halogens is 2. The van der Waals surface area contributed by atoms with E-state index in [4.69, 9.17) is 27.6 Å². The van der Waals surface area contributed by atoms with Crippen molar-refractivity contribution >= 4 is 44.6 Å². The van der Waals surface area contributed by atoms with Crippen LogP contribution in [0.5, 0.6) is 0 Å². The van der Waals surface area contributed by atoms with Crippen LogP contribution in [0.15, 0.2) is 87.1 Å². The van der Waals surface area contributed by atoms with Crippen LogP contribution in [0, 0.1) is 6.92 Å². The van der Waals surface area contributed by atoms with E-state index in [9.17, 15) is 8.42 Å². The zero-order chi connectivity index (χ0) is 24.6. The summed E-state index contributed by atoms with van der Waals surface area (Å²) >= 11 is 12.2. The van der Waals surface area contributed by atoms with Gasteiger partial charge < -0.3 is 14.2 Å². The van der Waals surface area contributed by atoms with Crippen molar-refractivity contribution in [2.75, 3.05) is 36.0 Å². The van der Waals surface area contributed by atoms with Crippen molar-refractivity contribution in [3.05, 3.63) is 88.4 Å². The van der Waals surface area contributed by atoms with Gasteiger partial charge in [-0.15, -0.1) is 0 Å². The van der Waals surface area contributed by atoms with Gasteiger partial charge in [0.05, 0.1) is 4.90 Å². The summed E-state index contributed by atoms with van der Waals surface area (Å²) in [7, 11) is -3.94. The summed E-state index contributed by atoms with van der Waals surface area (Å²) in [5.41, 5.74) is 2.73. The first-order valence-corrected chi connectivity index (χ1v) is 13.4. The summed E-state index contributed by atoms with van der Waals surface area (Å²) < 4.78 is 33.5. The number of rotatable bonds is 5. The third kappa shape index (κ3) is 4.76. The number of anilines is 2. The Labute approximate surface area is 214 Å². The molecule has 1 aromatic heterocycles. The molecule has 1 aliphatic rings. The molecule has 0 radical (unpaired) electrons. The minimum atomic E-state index is -3.94. The standard InChI is InChI=1S/C26H23Cl2N3O3S/c1-18-5-2-3-8-23(18)24-29-25(35(32,33)22-11-9-19(27)10-12-22)26(34-24)31-15-13-30(14-16-31)21-7-4-6-20(28)17-21/h2-12,17H,13-16H2,1H3. The number of aryl methyl sites for hydroxylation is 1.